The van der Waals surface area contributed by atoms with E-state index >= 15 is 0 Å². The van der Waals surface area contributed by atoms with E-state index in [2.05, 4.69) is 22.8 Å². The maximum Gasteiger partial charge on any atom is 0.234 e. The summed E-state index contributed by atoms with van der Waals surface area (Å²) >= 11 is 0. The molecule has 0 aromatic carbocycles. The summed E-state index contributed by atoms with van der Waals surface area (Å²) in [6, 6.07) is 0. The summed E-state index contributed by atoms with van der Waals surface area (Å²) in [6.45, 7) is 2.18. The summed E-state index contributed by atoms with van der Waals surface area (Å²) in [5.41, 5.74) is 5.22. The highest BCUT2D eigenvalue weighted by Crippen LogP contribution is 2.17. The van der Waals surface area contributed by atoms with Crippen molar-refractivity contribution in [2.24, 2.45) is 5.92 Å². The SMILES string of the molecule is CNNC(=O)CC1CCN(C)C1. The number of carbonyl (C=O) groups excluding carboxylic acids is 1. The number of nitrogens with zero attached hydrogens (tertiary/aromatic N) is 1. The molecule has 1 heterocycles. The number of amides is 1. The molecule has 0 saturated carbocycles. The lowest BCUT2D eigenvalue weighted by atomic mass is 10.1. The lowest BCUT2D eigenvalue weighted by Crippen LogP contribution is -2.35. The molecule has 1 atom stereocenters. The van der Waals surface area contributed by atoms with Gasteiger partial charge in [0, 0.05) is 20.0 Å². The van der Waals surface area contributed by atoms with E-state index in [1.807, 2.05) is 0 Å². The Morgan fingerprint density at radius 1 is 1.67 bits per heavy atom. The first-order valence-corrected chi connectivity index (χ1v) is 4.36. The number of hydrogen-bond donors (Lipinski definition) is 2. The van der Waals surface area contributed by atoms with Crippen molar-refractivity contribution < 1.29 is 4.79 Å². The molecule has 1 fully saturated rings. The van der Waals surface area contributed by atoms with Gasteiger partial charge in [-0.2, -0.15) is 0 Å². The molecule has 70 valence electrons. The van der Waals surface area contributed by atoms with Crippen molar-refractivity contribution in [1.29, 1.82) is 0 Å². The van der Waals surface area contributed by atoms with Crippen LogP contribution in [0.15, 0.2) is 0 Å². The van der Waals surface area contributed by atoms with Gasteiger partial charge >= 0.3 is 0 Å². The van der Waals surface area contributed by atoms with Crippen molar-refractivity contribution in [2.75, 3.05) is 27.2 Å². The second-order valence-corrected chi connectivity index (χ2v) is 3.42. The first-order chi connectivity index (χ1) is 5.72. The second-order valence-electron chi connectivity index (χ2n) is 3.42. The zero-order valence-corrected chi connectivity index (χ0v) is 7.76. The number of nitrogens with one attached hydrogen (secondary N) is 2. The number of likely N-dealkylation sites (tertiary alicyclic amines) is 1. The first-order valence-electron chi connectivity index (χ1n) is 4.36. The summed E-state index contributed by atoms with van der Waals surface area (Å²) in [5, 5.41) is 0. The van der Waals surface area contributed by atoms with Crippen LogP contribution in [0.4, 0.5) is 0 Å². The Bertz CT molecular complexity index is 160. The number of hydrazine groups is 1. The predicted octanol–water partition coefficient (Wildman–Crippen LogP) is -0.421. The zero-order valence-electron chi connectivity index (χ0n) is 7.76. The van der Waals surface area contributed by atoms with Gasteiger partial charge in [-0.1, -0.05) is 0 Å². The van der Waals surface area contributed by atoms with E-state index in [9.17, 15) is 4.79 Å². The van der Waals surface area contributed by atoms with Crippen molar-refractivity contribution in [3.63, 3.8) is 0 Å². The topological polar surface area (TPSA) is 44.4 Å². The van der Waals surface area contributed by atoms with E-state index < -0.39 is 0 Å². The molecule has 4 nitrogen and oxygen atoms in total. The molecule has 1 rings (SSSR count). The summed E-state index contributed by atoms with van der Waals surface area (Å²) in [5.74, 6) is 0.640. The smallest absolute Gasteiger partial charge is 0.234 e. The van der Waals surface area contributed by atoms with Crippen LogP contribution in [0.5, 0.6) is 0 Å². The maximum atomic E-state index is 11.1. The van der Waals surface area contributed by atoms with Crippen molar-refractivity contribution in [3.05, 3.63) is 0 Å². The van der Waals surface area contributed by atoms with Crippen LogP contribution in [0, 0.1) is 5.92 Å². The van der Waals surface area contributed by atoms with Gasteiger partial charge < -0.3 is 4.90 Å². The molecule has 1 aliphatic rings. The Kier molecular flexibility index (Phi) is 3.49. The van der Waals surface area contributed by atoms with Crippen molar-refractivity contribution in [3.8, 4) is 0 Å². The fourth-order valence-corrected chi connectivity index (χ4v) is 1.65. The van der Waals surface area contributed by atoms with Crippen LogP contribution < -0.4 is 10.9 Å². The van der Waals surface area contributed by atoms with E-state index in [1.54, 1.807) is 7.05 Å². The average Bonchev–Trinajstić information content (AvgIpc) is 2.36. The van der Waals surface area contributed by atoms with Crippen LogP contribution >= 0.6 is 0 Å². The van der Waals surface area contributed by atoms with Gasteiger partial charge in [-0.25, -0.2) is 5.43 Å². The fraction of sp³-hybridized carbons (Fsp3) is 0.875. The van der Waals surface area contributed by atoms with Crippen molar-refractivity contribution >= 4 is 5.91 Å². The minimum Gasteiger partial charge on any atom is -0.306 e. The number of rotatable bonds is 3. The molecule has 0 aromatic heterocycles. The molecule has 0 radical (unpaired) electrons. The minimum absolute atomic E-state index is 0.0952. The quantitative estimate of drug-likeness (QED) is 0.567. The molecular formula is C8H17N3O. The van der Waals surface area contributed by atoms with Crippen LogP contribution in [0.25, 0.3) is 0 Å². The van der Waals surface area contributed by atoms with E-state index in [1.165, 1.54) is 0 Å². The third kappa shape index (κ3) is 2.79. The first kappa shape index (κ1) is 9.48. The number of hydrogen-bond acceptors (Lipinski definition) is 3. The van der Waals surface area contributed by atoms with Gasteiger partial charge in [0.1, 0.15) is 0 Å². The van der Waals surface area contributed by atoms with E-state index in [0.29, 0.717) is 12.3 Å². The highest BCUT2D eigenvalue weighted by Gasteiger charge is 2.21. The summed E-state index contributed by atoms with van der Waals surface area (Å²) < 4.78 is 0. The van der Waals surface area contributed by atoms with Gasteiger partial charge in [0.05, 0.1) is 0 Å². The van der Waals surface area contributed by atoms with Crippen LogP contribution in [0.3, 0.4) is 0 Å². The highest BCUT2D eigenvalue weighted by atomic mass is 16.2. The third-order valence-electron chi connectivity index (χ3n) is 2.23. The monoisotopic (exact) mass is 171 g/mol. The van der Waals surface area contributed by atoms with E-state index in [-0.39, 0.29) is 5.91 Å². The highest BCUT2D eigenvalue weighted by molar-refractivity contribution is 5.75. The van der Waals surface area contributed by atoms with Crippen LogP contribution in [0.2, 0.25) is 0 Å². The zero-order chi connectivity index (χ0) is 8.97. The van der Waals surface area contributed by atoms with Crippen molar-refractivity contribution in [2.45, 2.75) is 12.8 Å². The summed E-state index contributed by atoms with van der Waals surface area (Å²) in [6.07, 6.45) is 1.79. The van der Waals surface area contributed by atoms with Gasteiger partial charge in [0.2, 0.25) is 5.91 Å². The normalized spacial score (nSPS) is 24.3. The van der Waals surface area contributed by atoms with E-state index in [4.69, 9.17) is 0 Å². The standard InChI is InChI=1S/C8H17N3O/c1-9-10-8(12)5-7-3-4-11(2)6-7/h7,9H,3-6H2,1-2H3,(H,10,12). The largest absolute Gasteiger partial charge is 0.306 e. The van der Waals surface area contributed by atoms with E-state index in [0.717, 1.165) is 19.5 Å². The Morgan fingerprint density at radius 3 is 2.92 bits per heavy atom. The van der Waals surface area contributed by atoms with Gasteiger partial charge in [0.25, 0.3) is 0 Å². The number of carbonyl (C=O) groups is 1. The molecular weight excluding hydrogens is 154 g/mol. The molecule has 1 amide bonds. The minimum atomic E-state index is 0.0952. The van der Waals surface area contributed by atoms with Gasteiger partial charge in [-0.05, 0) is 25.9 Å². The summed E-state index contributed by atoms with van der Waals surface area (Å²) in [4.78, 5) is 13.4. The molecule has 0 bridgehead atoms. The molecule has 1 aliphatic heterocycles. The third-order valence-corrected chi connectivity index (χ3v) is 2.23. The Morgan fingerprint density at radius 2 is 2.42 bits per heavy atom. The molecule has 1 unspecified atom stereocenters. The Labute approximate surface area is 73.3 Å². The summed E-state index contributed by atoms with van der Waals surface area (Å²) in [7, 11) is 3.80. The fourth-order valence-electron chi connectivity index (χ4n) is 1.65. The molecule has 4 heteroatoms. The van der Waals surface area contributed by atoms with Gasteiger partial charge in [-0.15, -0.1) is 0 Å². The average molecular weight is 171 g/mol. The van der Waals surface area contributed by atoms with Gasteiger partial charge in [-0.3, -0.25) is 10.2 Å². The molecule has 12 heavy (non-hydrogen) atoms. The van der Waals surface area contributed by atoms with Crippen molar-refractivity contribution in [1.82, 2.24) is 15.8 Å². The molecule has 0 spiro atoms. The molecule has 0 aromatic rings. The molecule has 1 saturated heterocycles. The molecule has 2 N–H and O–H groups in total. The molecule has 0 aliphatic carbocycles. The maximum absolute atomic E-state index is 11.1. The van der Waals surface area contributed by atoms with Crippen LogP contribution in [0.1, 0.15) is 12.8 Å². The van der Waals surface area contributed by atoms with Gasteiger partial charge in [0.15, 0.2) is 0 Å². The lowest BCUT2D eigenvalue weighted by Gasteiger charge is -2.09. The Hall–Kier alpha value is -0.610. The lowest BCUT2D eigenvalue weighted by molar-refractivity contribution is -0.122. The predicted molar refractivity (Wildman–Crippen MR) is 47.4 cm³/mol. The van der Waals surface area contributed by atoms with Crippen LogP contribution in [-0.4, -0.2) is 38.0 Å². The second kappa shape index (κ2) is 4.42. The van der Waals surface area contributed by atoms with Crippen LogP contribution in [-0.2, 0) is 4.79 Å². The Balaban J connectivity index is 2.18.